The number of anilines is 2. The third-order valence-electron chi connectivity index (χ3n) is 4.79. The van der Waals surface area contributed by atoms with Crippen LogP contribution in [0.15, 0.2) is 89.1 Å². The average molecular weight is 427 g/mol. The summed E-state index contributed by atoms with van der Waals surface area (Å²) in [5, 5.41) is 24.4. The summed E-state index contributed by atoms with van der Waals surface area (Å²) in [6.07, 6.45) is 0. The van der Waals surface area contributed by atoms with Crippen LogP contribution in [0.1, 0.15) is 5.56 Å². The van der Waals surface area contributed by atoms with E-state index in [1.54, 1.807) is 54.6 Å². The molecule has 1 aromatic heterocycles. The van der Waals surface area contributed by atoms with E-state index in [4.69, 9.17) is 0 Å². The van der Waals surface area contributed by atoms with E-state index in [-0.39, 0.29) is 24.0 Å². The fraction of sp³-hybridized carbons (Fsp3) is 0.0833. The normalized spacial score (nSPS) is 11.0. The van der Waals surface area contributed by atoms with Crippen molar-refractivity contribution in [3.05, 3.63) is 84.4 Å². The van der Waals surface area contributed by atoms with E-state index in [9.17, 15) is 14.7 Å². The number of hydrogen-bond acceptors (Lipinski definition) is 4. The maximum absolute atomic E-state index is 12.6. The second-order valence-corrected chi connectivity index (χ2v) is 7.19. The third-order valence-corrected chi connectivity index (χ3v) is 4.79. The van der Waals surface area contributed by atoms with Crippen LogP contribution in [0.3, 0.4) is 0 Å². The summed E-state index contributed by atoms with van der Waals surface area (Å²) >= 11 is 0. The molecule has 3 aromatic carbocycles. The number of amides is 3. The minimum absolute atomic E-state index is 0.118. The highest BCUT2D eigenvalue weighted by molar-refractivity contribution is 5.98. The van der Waals surface area contributed by atoms with Crippen molar-refractivity contribution in [2.45, 2.75) is 13.5 Å². The number of nitrogens with one attached hydrogen (secondary N) is 2. The average Bonchev–Trinajstić information content (AvgIpc) is 3.04. The lowest BCUT2D eigenvalue weighted by Crippen LogP contribution is -2.18. The van der Waals surface area contributed by atoms with Gasteiger partial charge in [0.05, 0.1) is 5.52 Å². The number of benzene rings is 3. The van der Waals surface area contributed by atoms with Crippen molar-refractivity contribution in [3.63, 3.8) is 0 Å². The maximum Gasteiger partial charge on any atom is 0.364 e. The van der Waals surface area contributed by atoms with Crippen LogP contribution in [-0.2, 0) is 11.3 Å². The van der Waals surface area contributed by atoms with Crippen molar-refractivity contribution in [1.82, 2.24) is 4.57 Å². The predicted molar refractivity (Wildman–Crippen MR) is 123 cm³/mol. The number of hydrogen-bond donors (Lipinski definition) is 3. The van der Waals surface area contributed by atoms with Crippen LogP contribution in [0.2, 0.25) is 0 Å². The minimum atomic E-state index is -0.676. The molecule has 0 fully saturated rings. The molecule has 0 atom stereocenters. The SMILES string of the molecule is Cc1cccc(NC(=O)Cn2c(O)c(N=NC(=O)Nc3ccccc3)c3ccccc32)c1. The van der Waals surface area contributed by atoms with Gasteiger partial charge in [0, 0.05) is 16.8 Å². The highest BCUT2D eigenvalue weighted by Gasteiger charge is 2.19. The summed E-state index contributed by atoms with van der Waals surface area (Å²) in [5.74, 6) is -0.557. The molecule has 160 valence electrons. The molecule has 4 aromatic rings. The minimum Gasteiger partial charge on any atom is -0.493 e. The number of para-hydroxylation sites is 2. The van der Waals surface area contributed by atoms with Gasteiger partial charge in [-0.3, -0.25) is 4.79 Å². The zero-order valence-corrected chi connectivity index (χ0v) is 17.3. The van der Waals surface area contributed by atoms with Gasteiger partial charge in [0.1, 0.15) is 6.54 Å². The van der Waals surface area contributed by atoms with Gasteiger partial charge in [-0.1, -0.05) is 53.6 Å². The first kappa shape index (κ1) is 20.8. The Balaban J connectivity index is 1.57. The zero-order valence-electron chi connectivity index (χ0n) is 17.3. The van der Waals surface area contributed by atoms with Gasteiger partial charge in [-0.05, 0) is 42.8 Å². The largest absolute Gasteiger partial charge is 0.493 e. The van der Waals surface area contributed by atoms with Crippen molar-refractivity contribution in [1.29, 1.82) is 0 Å². The lowest BCUT2D eigenvalue weighted by Gasteiger charge is -2.09. The Morgan fingerprint density at radius 1 is 0.906 bits per heavy atom. The van der Waals surface area contributed by atoms with Gasteiger partial charge in [-0.15, -0.1) is 5.11 Å². The van der Waals surface area contributed by atoms with Crippen LogP contribution in [0.4, 0.5) is 21.9 Å². The number of fused-ring (bicyclic) bond motifs is 1. The highest BCUT2D eigenvalue weighted by atomic mass is 16.3. The van der Waals surface area contributed by atoms with Crippen LogP contribution in [-0.4, -0.2) is 21.6 Å². The Kier molecular flexibility index (Phi) is 5.94. The molecule has 0 bridgehead atoms. The van der Waals surface area contributed by atoms with E-state index in [0.29, 0.717) is 22.3 Å². The lowest BCUT2D eigenvalue weighted by molar-refractivity contribution is -0.116. The van der Waals surface area contributed by atoms with Gasteiger partial charge in [0.15, 0.2) is 5.69 Å². The molecule has 0 aliphatic heterocycles. The molecule has 32 heavy (non-hydrogen) atoms. The van der Waals surface area contributed by atoms with E-state index in [1.807, 2.05) is 31.2 Å². The van der Waals surface area contributed by atoms with Gasteiger partial charge < -0.3 is 20.3 Å². The van der Waals surface area contributed by atoms with E-state index in [0.717, 1.165) is 5.56 Å². The molecule has 0 saturated carbocycles. The van der Waals surface area contributed by atoms with Crippen LogP contribution in [0.5, 0.6) is 5.88 Å². The van der Waals surface area contributed by atoms with Gasteiger partial charge in [-0.2, -0.15) is 0 Å². The number of carbonyl (C=O) groups excluding carboxylic acids is 2. The molecule has 8 nitrogen and oxygen atoms in total. The topological polar surface area (TPSA) is 108 Å². The molecule has 3 amide bonds. The van der Waals surface area contributed by atoms with Crippen molar-refractivity contribution in [3.8, 4) is 5.88 Å². The first-order chi connectivity index (χ1) is 15.5. The second-order valence-electron chi connectivity index (χ2n) is 7.19. The van der Waals surface area contributed by atoms with E-state index < -0.39 is 6.03 Å². The Morgan fingerprint density at radius 3 is 2.41 bits per heavy atom. The Bertz CT molecular complexity index is 1310. The van der Waals surface area contributed by atoms with Crippen molar-refractivity contribution in [2.24, 2.45) is 10.2 Å². The van der Waals surface area contributed by atoms with E-state index in [2.05, 4.69) is 20.9 Å². The highest BCUT2D eigenvalue weighted by Crippen LogP contribution is 2.38. The summed E-state index contributed by atoms with van der Waals surface area (Å²) < 4.78 is 1.43. The Hall–Kier alpha value is -4.46. The summed E-state index contributed by atoms with van der Waals surface area (Å²) in [4.78, 5) is 24.7. The quantitative estimate of drug-likeness (QED) is 0.360. The number of aromatic hydroxyl groups is 1. The number of azo groups is 1. The fourth-order valence-corrected chi connectivity index (χ4v) is 3.36. The molecule has 0 radical (unpaired) electrons. The molecule has 0 aliphatic rings. The molecule has 3 N–H and O–H groups in total. The number of urea groups is 1. The van der Waals surface area contributed by atoms with Crippen LogP contribution >= 0.6 is 0 Å². The molecular formula is C24H21N5O3. The van der Waals surface area contributed by atoms with Gasteiger partial charge >= 0.3 is 6.03 Å². The molecule has 8 heteroatoms. The molecular weight excluding hydrogens is 406 g/mol. The first-order valence-electron chi connectivity index (χ1n) is 9.96. The molecule has 0 unspecified atom stereocenters. The lowest BCUT2D eigenvalue weighted by atomic mass is 10.2. The summed E-state index contributed by atoms with van der Waals surface area (Å²) in [5.41, 5.74) is 2.99. The molecule has 0 spiro atoms. The van der Waals surface area contributed by atoms with Gasteiger partial charge in [0.2, 0.25) is 11.8 Å². The number of carbonyl (C=O) groups is 2. The molecule has 0 saturated heterocycles. The number of rotatable bonds is 5. The number of nitrogens with zero attached hydrogens (tertiary/aromatic N) is 3. The Labute approximate surface area is 184 Å². The van der Waals surface area contributed by atoms with E-state index in [1.165, 1.54) is 4.57 Å². The number of aryl methyl sites for hydroxylation is 1. The zero-order chi connectivity index (χ0) is 22.5. The standard InChI is InChI=1S/C24H21N5O3/c1-16-8-7-11-18(14-16)25-21(30)15-29-20-13-6-5-12-19(20)22(23(29)31)27-28-24(32)26-17-9-3-2-4-10-17/h2-14,31H,15H2,1H3,(H,25,30)(H,26,32). The predicted octanol–water partition coefficient (Wildman–Crippen LogP) is 5.61. The monoisotopic (exact) mass is 427 g/mol. The van der Waals surface area contributed by atoms with Gasteiger partial charge in [0.25, 0.3) is 0 Å². The summed E-state index contributed by atoms with van der Waals surface area (Å²) in [6, 6.07) is 22.7. The first-order valence-corrected chi connectivity index (χ1v) is 9.96. The van der Waals surface area contributed by atoms with Crippen LogP contribution < -0.4 is 10.6 Å². The maximum atomic E-state index is 12.6. The van der Waals surface area contributed by atoms with Gasteiger partial charge in [-0.25, -0.2) is 4.79 Å². The molecule has 1 heterocycles. The van der Waals surface area contributed by atoms with E-state index >= 15 is 0 Å². The van der Waals surface area contributed by atoms with Crippen molar-refractivity contribution in [2.75, 3.05) is 10.6 Å². The van der Waals surface area contributed by atoms with Crippen molar-refractivity contribution < 1.29 is 14.7 Å². The molecule has 0 aliphatic carbocycles. The third kappa shape index (κ3) is 4.65. The smallest absolute Gasteiger partial charge is 0.364 e. The Morgan fingerprint density at radius 2 is 1.62 bits per heavy atom. The second kappa shape index (κ2) is 9.13. The van der Waals surface area contributed by atoms with Crippen molar-refractivity contribution >= 4 is 39.9 Å². The number of aromatic nitrogens is 1. The summed E-state index contributed by atoms with van der Waals surface area (Å²) in [7, 11) is 0. The van der Waals surface area contributed by atoms with Crippen LogP contribution in [0, 0.1) is 6.92 Å². The molecule has 4 rings (SSSR count). The van der Waals surface area contributed by atoms with Crippen LogP contribution in [0.25, 0.3) is 10.9 Å². The summed E-state index contributed by atoms with van der Waals surface area (Å²) in [6.45, 7) is 1.80. The fourth-order valence-electron chi connectivity index (χ4n) is 3.36.